The minimum absolute atomic E-state index is 0.184. The van der Waals surface area contributed by atoms with Gasteiger partial charge in [-0.1, -0.05) is 17.9 Å². The van der Waals surface area contributed by atoms with Gasteiger partial charge in [-0.3, -0.25) is 4.79 Å². The molecule has 0 amide bonds. The molecule has 0 heterocycles. The van der Waals surface area contributed by atoms with E-state index >= 15 is 0 Å². The van der Waals surface area contributed by atoms with Crippen LogP contribution < -0.4 is 0 Å². The fraction of sp³-hybridized carbons (Fsp3) is 0.818. The maximum atomic E-state index is 11.5. The van der Waals surface area contributed by atoms with Crippen LogP contribution in [-0.2, 0) is 14.1 Å². The highest BCUT2D eigenvalue weighted by Gasteiger charge is 2.20. The van der Waals surface area contributed by atoms with Crippen molar-refractivity contribution < 1.29 is 19.2 Å². The number of unbranched alkanes of at least 4 members (excludes halogenated alkanes) is 1. The van der Waals surface area contributed by atoms with E-state index < -0.39 is 19.7 Å². The fourth-order valence-electron chi connectivity index (χ4n) is 1.20. The predicted octanol–water partition coefficient (Wildman–Crippen LogP) is 2.59. The molecule has 2 unspecified atom stereocenters. The van der Waals surface area contributed by atoms with Gasteiger partial charge in [-0.2, -0.15) is 5.26 Å². The lowest BCUT2D eigenvalue weighted by Crippen LogP contribution is -2.07. The van der Waals surface area contributed by atoms with Gasteiger partial charge in [0, 0.05) is 6.42 Å². The van der Waals surface area contributed by atoms with Crippen molar-refractivity contribution in [2.24, 2.45) is 5.92 Å². The number of rotatable bonds is 10. The van der Waals surface area contributed by atoms with E-state index in [2.05, 4.69) is 0 Å². The van der Waals surface area contributed by atoms with E-state index in [4.69, 9.17) is 15.1 Å². The quantitative estimate of drug-likeness (QED) is 0.482. The van der Waals surface area contributed by atoms with Crippen molar-refractivity contribution in [3.8, 4) is 6.07 Å². The van der Waals surface area contributed by atoms with Crippen LogP contribution in [-0.4, -0.2) is 30.2 Å². The van der Waals surface area contributed by atoms with Crippen LogP contribution in [0.4, 0.5) is 0 Å². The first-order valence-electron chi connectivity index (χ1n) is 5.71. The Morgan fingerprint density at radius 2 is 2.29 bits per heavy atom. The molecule has 0 aliphatic heterocycles. The van der Waals surface area contributed by atoms with Gasteiger partial charge in [0.05, 0.1) is 25.0 Å². The number of hydrogen-bond donors (Lipinski definition) is 1. The predicted molar refractivity (Wildman–Crippen MR) is 64.2 cm³/mol. The highest BCUT2D eigenvalue weighted by molar-refractivity contribution is 7.44. The van der Waals surface area contributed by atoms with Crippen LogP contribution in [0.5, 0.6) is 0 Å². The summed E-state index contributed by atoms with van der Waals surface area (Å²) < 4.78 is 16.7. The molecule has 0 fully saturated rings. The molecule has 0 aromatic heterocycles. The van der Waals surface area contributed by atoms with Crippen molar-refractivity contribution >= 4 is 13.8 Å². The monoisotopic (exact) mass is 260 g/mol. The smallest absolute Gasteiger partial charge is 0.366 e. The Kier molecular flexibility index (Phi) is 9.60. The van der Waals surface area contributed by atoms with Crippen molar-refractivity contribution in [3.63, 3.8) is 0 Å². The molecular weight excluding hydrogens is 241 g/mol. The average Bonchev–Trinajstić information content (AvgIpc) is 2.29. The van der Waals surface area contributed by atoms with Gasteiger partial charge in [0.2, 0.25) is 6.35 Å². The zero-order chi connectivity index (χ0) is 13.1. The molecule has 6 heteroatoms. The molecule has 0 rings (SSSR count). The van der Waals surface area contributed by atoms with Crippen LogP contribution >= 0.6 is 7.80 Å². The summed E-state index contributed by atoms with van der Waals surface area (Å²) in [6.45, 7) is 2.65. The number of nitriles is 1. The Bertz CT molecular complexity index is 288. The van der Waals surface area contributed by atoms with Gasteiger partial charge in [0.25, 0.3) is 0 Å². The maximum absolute atomic E-state index is 11.5. The minimum atomic E-state index is -1.48. The number of nitrogens with zero attached hydrogens (tertiary/aromatic N) is 1. The molecule has 96 valence electrons. The zero-order valence-electron chi connectivity index (χ0n) is 10.1. The Morgan fingerprint density at radius 3 is 2.82 bits per heavy atom. The summed E-state index contributed by atoms with van der Waals surface area (Å²) in [6.07, 6.45) is 2.72. The summed E-state index contributed by atoms with van der Waals surface area (Å²) in [6, 6.07) is 1.91. The Morgan fingerprint density at radius 1 is 1.59 bits per heavy atom. The summed E-state index contributed by atoms with van der Waals surface area (Å²) >= 11 is 0. The average molecular weight is 260 g/mol. The summed E-state index contributed by atoms with van der Waals surface area (Å²) in [4.78, 5) is 10.4. The van der Waals surface area contributed by atoms with Gasteiger partial charge in [-0.15, -0.1) is 0 Å². The molecule has 1 N–H and O–H groups in total. The first kappa shape index (κ1) is 16.0. The molecule has 0 saturated carbocycles. The highest BCUT2D eigenvalue weighted by atomic mass is 31.1. The molecule has 2 atom stereocenters. The Balaban J connectivity index is 3.67. The normalized spacial score (nSPS) is 12.8. The molecule has 0 radical (unpaired) electrons. The molecule has 0 bridgehead atoms. The largest absolute Gasteiger partial charge is 0.481 e. The van der Waals surface area contributed by atoms with Crippen molar-refractivity contribution in [1.82, 2.24) is 0 Å². The van der Waals surface area contributed by atoms with Crippen molar-refractivity contribution in [2.45, 2.75) is 32.6 Å². The van der Waals surface area contributed by atoms with Crippen LogP contribution in [0, 0.1) is 17.2 Å². The topological polar surface area (TPSA) is 87.4 Å². The van der Waals surface area contributed by atoms with E-state index in [0.717, 1.165) is 12.8 Å². The number of carboxylic acid groups (broad SMARTS) is 1. The third-order valence-electron chi connectivity index (χ3n) is 2.21. The van der Waals surface area contributed by atoms with Gasteiger partial charge < -0.3 is 9.84 Å². The Labute approximate surface area is 103 Å². The lowest BCUT2D eigenvalue weighted by Gasteiger charge is -2.01. The third-order valence-corrected chi connectivity index (χ3v) is 3.44. The second-order valence-electron chi connectivity index (χ2n) is 3.81. The second kappa shape index (κ2) is 10.2. The van der Waals surface area contributed by atoms with Crippen LogP contribution in [0.15, 0.2) is 0 Å². The van der Waals surface area contributed by atoms with E-state index in [9.17, 15) is 9.36 Å². The molecule has 0 aromatic carbocycles. The molecule has 0 aliphatic carbocycles. The summed E-state index contributed by atoms with van der Waals surface area (Å²) in [5, 5.41) is 17.2. The van der Waals surface area contributed by atoms with E-state index in [1.807, 2.05) is 13.0 Å². The van der Waals surface area contributed by atoms with Gasteiger partial charge in [-0.05, 0) is 6.42 Å². The molecule has 0 spiro atoms. The first-order valence-corrected chi connectivity index (χ1v) is 7.34. The molecule has 17 heavy (non-hydrogen) atoms. The van der Waals surface area contributed by atoms with E-state index in [1.165, 1.54) is 0 Å². The Hall–Kier alpha value is -0.980. The number of hydrogen-bond acceptors (Lipinski definition) is 4. The lowest BCUT2D eigenvalue weighted by molar-refractivity contribution is -0.137. The van der Waals surface area contributed by atoms with Crippen molar-refractivity contribution in [2.75, 3.05) is 19.1 Å². The third kappa shape index (κ3) is 9.92. The molecule has 0 aliphatic rings. The van der Waals surface area contributed by atoms with Crippen molar-refractivity contribution in [1.29, 1.82) is 5.26 Å². The molecule has 5 nitrogen and oxygen atoms in total. The highest BCUT2D eigenvalue weighted by Crippen LogP contribution is 2.24. The SMILES string of the molecule is CCCCOC[P+](=O)CCC(C#N)CC(=O)O. The van der Waals surface area contributed by atoms with E-state index in [0.29, 0.717) is 19.2 Å². The minimum Gasteiger partial charge on any atom is -0.481 e. The van der Waals surface area contributed by atoms with E-state index in [1.54, 1.807) is 0 Å². The van der Waals surface area contributed by atoms with Crippen molar-refractivity contribution in [3.05, 3.63) is 0 Å². The van der Waals surface area contributed by atoms with Crippen LogP contribution in [0.1, 0.15) is 32.6 Å². The van der Waals surface area contributed by atoms with Gasteiger partial charge >= 0.3 is 13.8 Å². The molecular formula is C11H19NO4P+. The molecule has 0 saturated heterocycles. The number of carbonyl (C=O) groups is 1. The zero-order valence-corrected chi connectivity index (χ0v) is 11.0. The number of carboxylic acids is 1. The van der Waals surface area contributed by atoms with Crippen LogP contribution in [0.25, 0.3) is 0 Å². The van der Waals surface area contributed by atoms with Gasteiger partial charge in [0.1, 0.15) is 6.16 Å². The standard InChI is InChI=1S/C11H18NO4P/c1-2-3-5-16-9-17(15)6-4-10(8-12)7-11(13)14/h10H,2-7,9H2,1H3/p+1. The van der Waals surface area contributed by atoms with E-state index in [-0.39, 0.29) is 12.8 Å². The maximum Gasteiger partial charge on any atom is 0.366 e. The fourth-order valence-corrected chi connectivity index (χ4v) is 2.26. The second-order valence-corrected chi connectivity index (χ2v) is 5.48. The number of aliphatic carboxylic acids is 1. The summed E-state index contributed by atoms with van der Waals surface area (Å²) in [5.41, 5.74) is 0. The summed E-state index contributed by atoms with van der Waals surface area (Å²) in [5.74, 6) is -1.55. The summed E-state index contributed by atoms with van der Waals surface area (Å²) in [7, 11) is -1.48. The lowest BCUT2D eigenvalue weighted by atomic mass is 10.1. The van der Waals surface area contributed by atoms with Gasteiger partial charge in [-0.25, -0.2) is 0 Å². The van der Waals surface area contributed by atoms with Crippen LogP contribution in [0.3, 0.4) is 0 Å². The first-order chi connectivity index (χ1) is 8.10. The number of ether oxygens (including phenoxy) is 1. The van der Waals surface area contributed by atoms with Gasteiger partial charge in [0.15, 0.2) is 0 Å². The van der Waals surface area contributed by atoms with Crippen LogP contribution in [0.2, 0.25) is 0 Å². The molecule has 0 aromatic rings.